The summed E-state index contributed by atoms with van der Waals surface area (Å²) in [6.07, 6.45) is -0.169. The molecule has 1 aliphatic rings. The molecule has 0 saturated carbocycles. The standard InChI is InChI=1S/C21H32Cl2FN5O3Si/c1-21(2,3)32-20(30)28-10-14(24)15(11-28)25-17-16-13(22)9-29(18(16)27-19(23)26-17)12-31-7-8-33(4,5)6/h9,14-15H,7-8,10-12H2,1-6H3,(H,25,26,27)/t14-,15-/m0/s1. The Bertz CT molecular complexity index is 1010. The fourth-order valence-electron chi connectivity index (χ4n) is 3.41. The van der Waals surface area contributed by atoms with E-state index >= 15 is 0 Å². The summed E-state index contributed by atoms with van der Waals surface area (Å²) in [5.41, 5.74) is -0.165. The van der Waals surface area contributed by atoms with Crippen LogP contribution in [0.1, 0.15) is 20.8 Å². The molecule has 1 saturated heterocycles. The second-order valence-corrected chi connectivity index (χ2v) is 16.9. The number of amides is 1. The quantitative estimate of drug-likeness (QED) is 0.298. The molecular formula is C21H32Cl2FN5O3Si. The van der Waals surface area contributed by atoms with Gasteiger partial charge in [-0.3, -0.25) is 0 Å². The first-order valence-electron chi connectivity index (χ1n) is 10.9. The number of nitrogens with one attached hydrogen (secondary N) is 1. The monoisotopic (exact) mass is 519 g/mol. The van der Waals surface area contributed by atoms with E-state index < -0.39 is 32.0 Å². The summed E-state index contributed by atoms with van der Waals surface area (Å²) in [4.78, 5) is 22.2. The summed E-state index contributed by atoms with van der Waals surface area (Å²) >= 11 is 12.7. The number of carbonyl (C=O) groups excluding carboxylic acids is 1. The van der Waals surface area contributed by atoms with E-state index in [4.69, 9.17) is 32.7 Å². The van der Waals surface area contributed by atoms with E-state index in [-0.39, 0.29) is 25.1 Å². The predicted octanol–water partition coefficient (Wildman–Crippen LogP) is 5.42. The third kappa shape index (κ3) is 6.94. The molecule has 2 atom stereocenters. The molecule has 0 aromatic carbocycles. The molecule has 1 amide bonds. The third-order valence-corrected chi connectivity index (χ3v) is 7.25. The number of halogens is 3. The largest absolute Gasteiger partial charge is 0.444 e. The van der Waals surface area contributed by atoms with Crippen molar-refractivity contribution in [2.75, 3.05) is 25.0 Å². The fourth-order valence-corrected chi connectivity index (χ4v) is 4.62. The van der Waals surface area contributed by atoms with E-state index in [1.807, 2.05) is 0 Å². The Morgan fingerprint density at radius 1 is 1.27 bits per heavy atom. The second-order valence-electron chi connectivity index (χ2n) is 10.5. The molecular weight excluding hydrogens is 488 g/mol. The van der Waals surface area contributed by atoms with Crippen LogP contribution in [0.15, 0.2) is 6.20 Å². The van der Waals surface area contributed by atoms with Gasteiger partial charge in [0.2, 0.25) is 5.28 Å². The number of hydrogen-bond acceptors (Lipinski definition) is 6. The van der Waals surface area contributed by atoms with Crippen molar-refractivity contribution in [3.05, 3.63) is 16.5 Å². The van der Waals surface area contributed by atoms with Crippen LogP contribution in [-0.4, -0.2) is 71.1 Å². The Morgan fingerprint density at radius 3 is 2.61 bits per heavy atom. The molecule has 1 fully saturated rings. The van der Waals surface area contributed by atoms with Crippen molar-refractivity contribution in [3.63, 3.8) is 0 Å². The Labute approximate surface area is 204 Å². The lowest BCUT2D eigenvalue weighted by Crippen LogP contribution is -2.36. The lowest BCUT2D eigenvalue weighted by Gasteiger charge is -2.24. The number of hydrogen-bond donors (Lipinski definition) is 1. The maximum Gasteiger partial charge on any atom is 0.410 e. The maximum absolute atomic E-state index is 14.8. The van der Waals surface area contributed by atoms with Gasteiger partial charge >= 0.3 is 6.09 Å². The molecule has 2 aromatic rings. The van der Waals surface area contributed by atoms with Crippen LogP contribution in [0.4, 0.5) is 15.0 Å². The topological polar surface area (TPSA) is 81.5 Å². The number of nitrogens with zero attached hydrogens (tertiary/aromatic N) is 4. The van der Waals surface area contributed by atoms with Gasteiger partial charge in [-0.2, -0.15) is 9.97 Å². The average molecular weight is 521 g/mol. The molecule has 0 spiro atoms. The summed E-state index contributed by atoms with van der Waals surface area (Å²) in [5.74, 6) is 0.314. The molecule has 184 valence electrons. The van der Waals surface area contributed by atoms with Crippen molar-refractivity contribution >= 4 is 54.2 Å². The van der Waals surface area contributed by atoms with Gasteiger partial charge in [0.1, 0.15) is 24.3 Å². The van der Waals surface area contributed by atoms with Crippen molar-refractivity contribution in [1.82, 2.24) is 19.4 Å². The van der Waals surface area contributed by atoms with Crippen LogP contribution in [0.3, 0.4) is 0 Å². The first-order valence-corrected chi connectivity index (χ1v) is 15.4. The predicted molar refractivity (Wildman–Crippen MR) is 132 cm³/mol. The lowest BCUT2D eigenvalue weighted by molar-refractivity contribution is 0.0283. The van der Waals surface area contributed by atoms with Crippen molar-refractivity contribution < 1.29 is 18.7 Å². The second kappa shape index (κ2) is 9.93. The Morgan fingerprint density at radius 2 is 1.97 bits per heavy atom. The van der Waals surface area contributed by atoms with Crippen LogP contribution in [0, 0.1) is 0 Å². The number of alkyl halides is 1. The lowest BCUT2D eigenvalue weighted by atomic mass is 10.2. The Balaban J connectivity index is 1.76. The van der Waals surface area contributed by atoms with Gasteiger partial charge in [-0.1, -0.05) is 31.2 Å². The minimum absolute atomic E-state index is 0.000481. The number of anilines is 1. The normalized spacial score (nSPS) is 19.4. The number of carbonyl (C=O) groups is 1. The highest BCUT2D eigenvalue weighted by Crippen LogP contribution is 2.33. The maximum atomic E-state index is 14.8. The molecule has 0 unspecified atom stereocenters. The van der Waals surface area contributed by atoms with Gasteiger partial charge in [0.05, 0.1) is 23.0 Å². The first kappa shape index (κ1) is 26.0. The van der Waals surface area contributed by atoms with E-state index in [0.717, 1.165) is 6.04 Å². The number of aromatic nitrogens is 3. The van der Waals surface area contributed by atoms with Crippen LogP contribution in [0.2, 0.25) is 36.0 Å². The Hall–Kier alpha value is -1.62. The molecule has 2 aromatic heterocycles. The summed E-state index contributed by atoms with van der Waals surface area (Å²) in [6.45, 7) is 13.1. The smallest absolute Gasteiger partial charge is 0.410 e. The van der Waals surface area contributed by atoms with Gasteiger partial charge < -0.3 is 24.3 Å². The number of ether oxygens (including phenoxy) is 2. The van der Waals surface area contributed by atoms with Crippen molar-refractivity contribution in [1.29, 1.82) is 0 Å². The van der Waals surface area contributed by atoms with Crippen LogP contribution in [0.25, 0.3) is 11.0 Å². The summed E-state index contributed by atoms with van der Waals surface area (Å²) in [7, 11) is -1.21. The fraction of sp³-hybridized carbons (Fsp3) is 0.667. The average Bonchev–Trinajstić information content (AvgIpc) is 3.17. The molecule has 0 aliphatic carbocycles. The van der Waals surface area contributed by atoms with Gasteiger partial charge in [-0.05, 0) is 38.4 Å². The van der Waals surface area contributed by atoms with E-state index in [1.54, 1.807) is 31.5 Å². The SMILES string of the molecule is CC(C)(C)OC(=O)N1C[C@H](Nc2nc(Cl)nc3c2c(Cl)cn3COCC[Si](C)(C)C)[C@@H](F)C1. The number of likely N-dealkylation sites (tertiary alicyclic amines) is 1. The van der Waals surface area contributed by atoms with Crippen molar-refractivity contribution in [2.45, 2.75) is 71.0 Å². The van der Waals surface area contributed by atoms with Crippen LogP contribution in [-0.2, 0) is 16.2 Å². The molecule has 1 N–H and O–H groups in total. The van der Waals surface area contributed by atoms with Gasteiger partial charge in [0, 0.05) is 27.4 Å². The molecule has 1 aliphatic heterocycles. The highest BCUT2D eigenvalue weighted by Gasteiger charge is 2.38. The van der Waals surface area contributed by atoms with Gasteiger partial charge in [-0.25, -0.2) is 9.18 Å². The van der Waals surface area contributed by atoms with Crippen LogP contribution in [0.5, 0.6) is 0 Å². The number of rotatable bonds is 7. The molecule has 3 heterocycles. The van der Waals surface area contributed by atoms with Gasteiger partial charge in [0.15, 0.2) is 5.65 Å². The Kier molecular flexibility index (Phi) is 7.82. The molecule has 12 heteroatoms. The molecule has 0 bridgehead atoms. The van der Waals surface area contributed by atoms with Gasteiger partial charge in [0.25, 0.3) is 0 Å². The zero-order valence-electron chi connectivity index (χ0n) is 19.9. The summed E-state index contributed by atoms with van der Waals surface area (Å²) < 4.78 is 27.7. The third-order valence-electron chi connectivity index (χ3n) is 5.09. The summed E-state index contributed by atoms with van der Waals surface area (Å²) in [5, 5.41) is 4.00. The van der Waals surface area contributed by atoms with E-state index in [1.165, 1.54) is 4.90 Å². The zero-order valence-corrected chi connectivity index (χ0v) is 22.4. The van der Waals surface area contributed by atoms with E-state index in [2.05, 4.69) is 34.9 Å². The highest BCUT2D eigenvalue weighted by molar-refractivity contribution is 6.76. The van der Waals surface area contributed by atoms with Crippen LogP contribution < -0.4 is 5.32 Å². The minimum atomic E-state index is -1.31. The number of fused-ring (bicyclic) bond motifs is 1. The zero-order chi connectivity index (χ0) is 24.6. The molecule has 0 radical (unpaired) electrons. The summed E-state index contributed by atoms with van der Waals surface area (Å²) in [6, 6.07) is 0.343. The highest BCUT2D eigenvalue weighted by atomic mass is 35.5. The molecule has 3 rings (SSSR count). The minimum Gasteiger partial charge on any atom is -0.444 e. The van der Waals surface area contributed by atoms with Crippen molar-refractivity contribution in [3.8, 4) is 0 Å². The van der Waals surface area contributed by atoms with Crippen molar-refractivity contribution in [2.24, 2.45) is 0 Å². The van der Waals surface area contributed by atoms with E-state index in [0.29, 0.717) is 28.5 Å². The first-order chi connectivity index (χ1) is 15.2. The molecule has 8 nitrogen and oxygen atoms in total. The van der Waals surface area contributed by atoms with Gasteiger partial charge in [-0.15, -0.1) is 0 Å². The molecule has 33 heavy (non-hydrogen) atoms. The van der Waals surface area contributed by atoms with E-state index in [9.17, 15) is 9.18 Å². The van der Waals surface area contributed by atoms with Crippen LogP contribution >= 0.6 is 23.2 Å².